The third kappa shape index (κ3) is 3.25. The molecule has 1 atom stereocenters. The van der Waals surface area contributed by atoms with Crippen LogP contribution in [-0.4, -0.2) is 30.9 Å². The topological polar surface area (TPSA) is 142 Å². The van der Waals surface area contributed by atoms with Crippen molar-refractivity contribution in [1.82, 2.24) is 9.97 Å². The number of H-pyrrole nitrogens is 1. The third-order valence-electron chi connectivity index (χ3n) is 3.68. The highest BCUT2D eigenvalue weighted by molar-refractivity contribution is 6.31. The Bertz CT molecular complexity index is 1080. The molecule has 3 aromatic rings. The Balaban J connectivity index is 2.04. The van der Waals surface area contributed by atoms with E-state index in [2.05, 4.69) is 15.1 Å². The van der Waals surface area contributed by atoms with Gasteiger partial charge in [0, 0.05) is 17.2 Å². The summed E-state index contributed by atoms with van der Waals surface area (Å²) in [5.41, 5.74) is -0.573. The Labute approximate surface area is 150 Å². The highest BCUT2D eigenvalue weighted by atomic mass is 35.5. The summed E-state index contributed by atoms with van der Waals surface area (Å²) in [5.74, 6) is 0. The molecule has 0 spiro atoms. The molecule has 0 aliphatic rings. The normalized spacial score (nSPS) is 12.9. The fraction of sp³-hybridized carbons (Fsp3) is 0.0625. The lowest BCUT2D eigenvalue weighted by Crippen LogP contribution is -2.25. The summed E-state index contributed by atoms with van der Waals surface area (Å²) in [4.78, 5) is 29.1. The fourth-order valence-corrected chi connectivity index (χ4v) is 2.57. The Kier molecular flexibility index (Phi) is 4.65. The summed E-state index contributed by atoms with van der Waals surface area (Å²) in [6, 6.07) is 9.61. The molecule has 0 saturated heterocycles. The lowest BCUT2D eigenvalue weighted by atomic mass is 10.0. The number of rotatable bonds is 4. The zero-order valence-electron chi connectivity index (χ0n) is 13.0. The quantitative estimate of drug-likeness (QED) is 0.277. The van der Waals surface area contributed by atoms with E-state index in [4.69, 9.17) is 11.6 Å². The lowest BCUT2D eigenvalue weighted by Gasteiger charge is -2.12. The van der Waals surface area contributed by atoms with E-state index in [9.17, 15) is 25.2 Å². The first-order valence-electron chi connectivity index (χ1n) is 7.25. The molecule has 3 N–H and O–H groups in total. The van der Waals surface area contributed by atoms with Crippen molar-refractivity contribution in [3.8, 4) is 0 Å². The number of nitrogens with one attached hydrogen (secondary N) is 1. The number of fused-ring (bicyclic) bond motifs is 1. The molecular formula is C16H11ClN4O5. The molecule has 132 valence electrons. The van der Waals surface area contributed by atoms with Gasteiger partial charge in [0.25, 0.3) is 11.2 Å². The Morgan fingerprint density at radius 3 is 2.58 bits per heavy atom. The minimum absolute atomic E-state index is 0.165. The Morgan fingerprint density at radius 1 is 1.27 bits per heavy atom. The molecule has 1 heterocycles. The molecule has 0 aliphatic carbocycles. The van der Waals surface area contributed by atoms with Crippen molar-refractivity contribution in [3.05, 3.63) is 79.2 Å². The van der Waals surface area contributed by atoms with Gasteiger partial charge >= 0.3 is 0 Å². The molecule has 0 aliphatic heterocycles. The Hall–Kier alpha value is -3.30. The molecule has 0 fully saturated rings. The average Bonchev–Trinajstić information content (AvgIpc) is 2.62. The number of halogens is 1. The van der Waals surface area contributed by atoms with Crippen LogP contribution in [0.25, 0.3) is 11.0 Å². The van der Waals surface area contributed by atoms with Gasteiger partial charge in [-0.25, -0.2) is 4.98 Å². The van der Waals surface area contributed by atoms with Gasteiger partial charge in [-0.1, -0.05) is 16.8 Å². The van der Waals surface area contributed by atoms with E-state index >= 15 is 0 Å². The number of aliphatic hydroxyl groups excluding tert-OH is 1. The van der Waals surface area contributed by atoms with Crippen LogP contribution < -0.4 is 5.56 Å². The second-order valence-electron chi connectivity index (χ2n) is 5.31. The van der Waals surface area contributed by atoms with Gasteiger partial charge in [-0.15, -0.1) is 0 Å². The summed E-state index contributed by atoms with van der Waals surface area (Å²) in [6.07, 6.45) is -1.51. The van der Waals surface area contributed by atoms with E-state index < -0.39 is 22.3 Å². The van der Waals surface area contributed by atoms with Crippen LogP contribution in [0.1, 0.15) is 17.4 Å². The highest BCUT2D eigenvalue weighted by Gasteiger charge is 2.23. The van der Waals surface area contributed by atoms with Gasteiger partial charge in [-0.2, -0.15) is 0 Å². The van der Waals surface area contributed by atoms with Crippen LogP contribution in [0.15, 0.2) is 52.4 Å². The third-order valence-corrected chi connectivity index (χ3v) is 3.92. The van der Waals surface area contributed by atoms with Crippen LogP contribution in [0.3, 0.4) is 0 Å². The molecule has 0 radical (unpaired) electrons. The van der Waals surface area contributed by atoms with Gasteiger partial charge in [0.1, 0.15) is 11.8 Å². The molecule has 3 rings (SSSR count). The molecule has 10 heteroatoms. The largest absolute Gasteiger partial charge is 0.410 e. The van der Waals surface area contributed by atoms with Gasteiger partial charge < -0.3 is 15.3 Å². The van der Waals surface area contributed by atoms with Gasteiger partial charge in [0.05, 0.1) is 16.0 Å². The molecule has 1 unspecified atom stereocenters. The maximum Gasteiger partial charge on any atom is 0.276 e. The van der Waals surface area contributed by atoms with Crippen molar-refractivity contribution in [2.75, 3.05) is 0 Å². The summed E-state index contributed by atoms with van der Waals surface area (Å²) >= 11 is 5.86. The standard InChI is InChI=1S/C16H11ClN4O5/c17-9-3-6-11-12(7-9)19-16(23)14(18-11)13(20-24)15(22)8-1-4-10(5-2-8)21(25)26/h1-7,15,22,24H,(H,19,23)/b20-13+. The molecule has 1 aromatic heterocycles. The summed E-state index contributed by atoms with van der Waals surface area (Å²) in [5, 5.41) is 33.8. The molecule has 2 aromatic carbocycles. The van der Waals surface area contributed by atoms with Crippen LogP contribution in [0.2, 0.25) is 5.02 Å². The van der Waals surface area contributed by atoms with Crippen LogP contribution in [0.4, 0.5) is 5.69 Å². The monoisotopic (exact) mass is 374 g/mol. The van der Waals surface area contributed by atoms with Crippen molar-refractivity contribution in [1.29, 1.82) is 0 Å². The summed E-state index contributed by atoms with van der Waals surface area (Å²) < 4.78 is 0. The number of nitro benzene ring substituents is 1. The van der Waals surface area contributed by atoms with Crippen molar-refractivity contribution in [3.63, 3.8) is 0 Å². The fourth-order valence-electron chi connectivity index (χ4n) is 2.40. The van der Waals surface area contributed by atoms with Crippen LogP contribution in [0, 0.1) is 10.1 Å². The number of non-ortho nitro benzene ring substituents is 1. The number of aromatic amines is 1. The average molecular weight is 375 g/mol. The zero-order valence-corrected chi connectivity index (χ0v) is 13.7. The first kappa shape index (κ1) is 17.5. The second kappa shape index (κ2) is 6.90. The van der Waals surface area contributed by atoms with Gasteiger partial charge in [0.15, 0.2) is 5.69 Å². The smallest absolute Gasteiger partial charge is 0.276 e. The van der Waals surface area contributed by atoms with Gasteiger partial charge in [-0.05, 0) is 35.9 Å². The number of hydrogen-bond donors (Lipinski definition) is 3. The van der Waals surface area contributed by atoms with Crippen molar-refractivity contribution in [2.24, 2.45) is 5.16 Å². The Morgan fingerprint density at radius 2 is 1.96 bits per heavy atom. The molecule has 26 heavy (non-hydrogen) atoms. The van der Waals surface area contributed by atoms with Crippen molar-refractivity contribution >= 4 is 34.0 Å². The van der Waals surface area contributed by atoms with E-state index in [0.29, 0.717) is 16.1 Å². The number of aliphatic hydroxyl groups is 1. The molecular weight excluding hydrogens is 364 g/mol. The van der Waals surface area contributed by atoms with Crippen LogP contribution >= 0.6 is 11.6 Å². The van der Waals surface area contributed by atoms with Crippen molar-refractivity contribution < 1.29 is 15.2 Å². The number of benzene rings is 2. The maximum absolute atomic E-state index is 12.3. The van der Waals surface area contributed by atoms with Crippen molar-refractivity contribution in [2.45, 2.75) is 6.10 Å². The lowest BCUT2D eigenvalue weighted by molar-refractivity contribution is -0.384. The highest BCUT2D eigenvalue weighted by Crippen LogP contribution is 2.21. The molecule has 0 bridgehead atoms. The maximum atomic E-state index is 12.3. The summed E-state index contributed by atoms with van der Waals surface area (Å²) in [7, 11) is 0. The van der Waals surface area contributed by atoms with E-state index in [0.717, 1.165) is 0 Å². The predicted molar refractivity (Wildman–Crippen MR) is 93.8 cm³/mol. The first-order valence-corrected chi connectivity index (χ1v) is 7.63. The number of hydrogen-bond acceptors (Lipinski definition) is 7. The molecule has 0 amide bonds. The van der Waals surface area contributed by atoms with E-state index in [1.807, 2.05) is 0 Å². The number of nitro groups is 1. The van der Waals surface area contributed by atoms with Gasteiger partial charge in [0.2, 0.25) is 0 Å². The van der Waals surface area contributed by atoms with E-state index in [-0.39, 0.29) is 16.9 Å². The molecule has 9 nitrogen and oxygen atoms in total. The number of nitrogens with zero attached hydrogens (tertiary/aromatic N) is 3. The summed E-state index contributed by atoms with van der Waals surface area (Å²) in [6.45, 7) is 0. The number of oxime groups is 1. The minimum atomic E-state index is -1.51. The molecule has 0 saturated carbocycles. The van der Waals surface area contributed by atoms with Crippen LogP contribution in [0.5, 0.6) is 0 Å². The van der Waals surface area contributed by atoms with E-state index in [1.54, 1.807) is 12.1 Å². The first-order chi connectivity index (χ1) is 12.4. The van der Waals surface area contributed by atoms with Gasteiger partial charge in [-0.3, -0.25) is 14.9 Å². The number of aromatic nitrogens is 2. The predicted octanol–water partition coefficient (Wildman–Crippen LogP) is 2.40. The van der Waals surface area contributed by atoms with E-state index in [1.165, 1.54) is 30.3 Å². The second-order valence-corrected chi connectivity index (χ2v) is 5.75. The minimum Gasteiger partial charge on any atom is -0.410 e. The SMILES string of the molecule is O=c1[nH]c2cc(Cl)ccc2nc1/C(=N\O)C(O)c1ccc([N+](=O)[O-])cc1. The zero-order chi connectivity index (χ0) is 18.8. The van der Waals surface area contributed by atoms with Crippen LogP contribution in [-0.2, 0) is 0 Å².